The molecule has 1 saturated heterocycles. The van der Waals surface area contributed by atoms with Gasteiger partial charge in [0.25, 0.3) is 6.43 Å². The number of carbonyl (C=O) groups excluding carboxylic acids is 1. The van der Waals surface area contributed by atoms with Gasteiger partial charge in [0.15, 0.2) is 0 Å². The van der Waals surface area contributed by atoms with Gasteiger partial charge in [0, 0.05) is 24.1 Å². The fourth-order valence-electron chi connectivity index (χ4n) is 4.48. The van der Waals surface area contributed by atoms with Gasteiger partial charge < -0.3 is 10.0 Å². The Hall–Kier alpha value is -1.49. The Kier molecular flexibility index (Phi) is 5.42. The van der Waals surface area contributed by atoms with Gasteiger partial charge in [0.1, 0.15) is 0 Å². The van der Waals surface area contributed by atoms with E-state index in [1.54, 1.807) is 0 Å². The van der Waals surface area contributed by atoms with E-state index in [9.17, 15) is 18.7 Å². The molecule has 1 spiro atoms. The molecule has 0 radical (unpaired) electrons. The summed E-state index contributed by atoms with van der Waals surface area (Å²) >= 11 is 0. The Morgan fingerprint density at radius 3 is 2.56 bits per heavy atom. The lowest BCUT2D eigenvalue weighted by Gasteiger charge is -2.49. The summed E-state index contributed by atoms with van der Waals surface area (Å²) in [5.41, 5.74) is 1.44. The first kappa shape index (κ1) is 18.3. The second-order valence-corrected chi connectivity index (χ2v) is 7.84. The minimum absolute atomic E-state index is 0.0733. The van der Waals surface area contributed by atoms with Gasteiger partial charge in [0.2, 0.25) is 5.91 Å². The third-order valence-electron chi connectivity index (χ3n) is 5.99. The third kappa shape index (κ3) is 3.86. The van der Waals surface area contributed by atoms with Gasteiger partial charge >= 0.3 is 0 Å². The molecule has 0 bridgehead atoms. The van der Waals surface area contributed by atoms with E-state index in [0.29, 0.717) is 12.3 Å². The molecule has 1 aliphatic carbocycles. The molecule has 2 atom stereocenters. The van der Waals surface area contributed by atoms with Gasteiger partial charge in [-0.05, 0) is 43.6 Å². The minimum Gasteiger partial charge on any atom is -0.396 e. The van der Waals surface area contributed by atoms with E-state index in [4.69, 9.17) is 0 Å². The number of nitrogens with zero attached hydrogens (tertiary/aromatic N) is 1. The van der Waals surface area contributed by atoms with E-state index in [2.05, 4.69) is 0 Å². The number of hydrogen-bond donors (Lipinski definition) is 1. The zero-order valence-corrected chi connectivity index (χ0v) is 14.8. The minimum atomic E-state index is -2.41. The van der Waals surface area contributed by atoms with Crippen molar-refractivity contribution in [3.05, 3.63) is 35.4 Å². The summed E-state index contributed by atoms with van der Waals surface area (Å²) in [5, 5.41) is 9.29. The lowest BCUT2D eigenvalue weighted by atomic mass is 9.76. The highest BCUT2D eigenvalue weighted by molar-refractivity contribution is 5.80. The number of aliphatic hydroxyl groups is 1. The van der Waals surface area contributed by atoms with Gasteiger partial charge in [-0.3, -0.25) is 4.79 Å². The lowest BCUT2D eigenvalue weighted by molar-refractivity contribution is -0.149. The molecular weight excluding hydrogens is 324 g/mol. The fourth-order valence-corrected chi connectivity index (χ4v) is 4.48. The lowest BCUT2D eigenvalue weighted by Crippen LogP contribution is -2.59. The van der Waals surface area contributed by atoms with Crippen LogP contribution in [0.25, 0.3) is 0 Å². The van der Waals surface area contributed by atoms with Crippen molar-refractivity contribution in [3.8, 4) is 0 Å². The zero-order chi connectivity index (χ0) is 18.0. The fraction of sp³-hybridized carbons (Fsp3) is 0.650. The molecule has 1 N–H and O–H groups in total. The number of likely N-dealkylation sites (tertiary alicyclic amines) is 1. The molecule has 5 heteroatoms. The largest absolute Gasteiger partial charge is 0.396 e. The highest BCUT2D eigenvalue weighted by Gasteiger charge is 2.49. The zero-order valence-electron chi connectivity index (χ0n) is 14.8. The maximum Gasteiger partial charge on any atom is 0.263 e. The number of aliphatic hydroxyl groups excluding tert-OH is 1. The summed E-state index contributed by atoms with van der Waals surface area (Å²) in [6.07, 6.45) is 2.56. The van der Waals surface area contributed by atoms with Crippen LogP contribution < -0.4 is 0 Å². The number of rotatable bonds is 6. The molecule has 25 heavy (non-hydrogen) atoms. The summed E-state index contributed by atoms with van der Waals surface area (Å²) in [6.45, 7) is 3.47. The molecule has 3 rings (SSSR count). The van der Waals surface area contributed by atoms with E-state index >= 15 is 0 Å². The van der Waals surface area contributed by atoms with Crippen LogP contribution in [0.3, 0.4) is 0 Å². The highest BCUT2D eigenvalue weighted by atomic mass is 19.3. The standard InChI is InChI=1S/C20H27F2NO2/c1-2-16(11-24)19(25)23-12-20(13-23)8-7-15(10-20)9-14-3-5-17(6-4-14)18(21)22/h3-6,15-16,18,24H,2,7-13H2,1H3/t15?,16-/m1/s1. The number of benzene rings is 1. The summed E-state index contributed by atoms with van der Waals surface area (Å²) in [7, 11) is 0. The SMILES string of the molecule is CC[C@H](CO)C(=O)N1CC2(CCC(Cc3ccc(C(F)F)cc3)C2)C1. The molecular formula is C20H27F2NO2. The maximum atomic E-state index is 12.6. The Labute approximate surface area is 148 Å². The predicted molar refractivity (Wildman–Crippen MR) is 92.3 cm³/mol. The molecule has 1 amide bonds. The Morgan fingerprint density at radius 2 is 2.00 bits per heavy atom. The van der Waals surface area contributed by atoms with Crippen molar-refractivity contribution in [2.24, 2.45) is 17.3 Å². The van der Waals surface area contributed by atoms with Crippen LogP contribution in [-0.2, 0) is 11.2 Å². The normalized spacial score (nSPS) is 23.1. The Balaban J connectivity index is 1.50. The van der Waals surface area contributed by atoms with E-state index in [1.165, 1.54) is 12.1 Å². The summed E-state index contributed by atoms with van der Waals surface area (Å²) in [6, 6.07) is 6.68. The van der Waals surface area contributed by atoms with Crippen molar-refractivity contribution in [1.82, 2.24) is 4.90 Å². The number of carbonyl (C=O) groups is 1. The average Bonchev–Trinajstić information content (AvgIpc) is 2.99. The molecule has 1 aromatic carbocycles. The molecule has 138 valence electrons. The van der Waals surface area contributed by atoms with E-state index in [0.717, 1.165) is 44.3 Å². The number of halogens is 2. The van der Waals surface area contributed by atoms with Crippen LogP contribution in [0.5, 0.6) is 0 Å². The predicted octanol–water partition coefficient (Wildman–Crippen LogP) is 3.81. The van der Waals surface area contributed by atoms with Gasteiger partial charge in [-0.15, -0.1) is 0 Å². The van der Waals surface area contributed by atoms with Crippen LogP contribution in [0, 0.1) is 17.3 Å². The van der Waals surface area contributed by atoms with Gasteiger partial charge in [-0.25, -0.2) is 8.78 Å². The van der Waals surface area contributed by atoms with Crippen LogP contribution >= 0.6 is 0 Å². The maximum absolute atomic E-state index is 12.6. The van der Waals surface area contributed by atoms with Crippen molar-refractivity contribution in [3.63, 3.8) is 0 Å². The van der Waals surface area contributed by atoms with Crippen LogP contribution in [-0.4, -0.2) is 35.6 Å². The quantitative estimate of drug-likeness (QED) is 0.846. The summed E-state index contributed by atoms with van der Waals surface area (Å²) in [4.78, 5) is 14.2. The molecule has 2 aliphatic rings. The molecule has 1 aromatic rings. The van der Waals surface area contributed by atoms with E-state index < -0.39 is 6.43 Å². The van der Waals surface area contributed by atoms with Crippen molar-refractivity contribution in [2.45, 2.75) is 45.5 Å². The average molecular weight is 351 g/mol. The Morgan fingerprint density at radius 1 is 1.32 bits per heavy atom. The second kappa shape index (κ2) is 7.40. The smallest absolute Gasteiger partial charge is 0.263 e. The molecule has 1 unspecified atom stereocenters. The van der Waals surface area contributed by atoms with Crippen molar-refractivity contribution in [2.75, 3.05) is 19.7 Å². The number of hydrogen-bond acceptors (Lipinski definition) is 2. The van der Waals surface area contributed by atoms with Gasteiger partial charge in [-0.1, -0.05) is 31.2 Å². The molecule has 3 nitrogen and oxygen atoms in total. The van der Waals surface area contributed by atoms with Crippen LogP contribution in [0.1, 0.15) is 50.2 Å². The first-order valence-electron chi connectivity index (χ1n) is 9.23. The van der Waals surface area contributed by atoms with Crippen LogP contribution in [0.15, 0.2) is 24.3 Å². The first-order chi connectivity index (χ1) is 12.0. The van der Waals surface area contributed by atoms with Gasteiger partial charge in [0.05, 0.1) is 12.5 Å². The van der Waals surface area contributed by atoms with E-state index in [-0.39, 0.29) is 29.4 Å². The molecule has 1 heterocycles. The molecule has 2 fully saturated rings. The molecule has 0 aromatic heterocycles. The monoisotopic (exact) mass is 351 g/mol. The summed E-state index contributed by atoms with van der Waals surface area (Å²) < 4.78 is 25.2. The molecule has 1 saturated carbocycles. The van der Waals surface area contributed by atoms with Crippen LogP contribution in [0.4, 0.5) is 8.78 Å². The number of alkyl halides is 2. The third-order valence-corrected chi connectivity index (χ3v) is 5.99. The van der Waals surface area contributed by atoms with Crippen molar-refractivity contribution in [1.29, 1.82) is 0 Å². The number of amides is 1. The van der Waals surface area contributed by atoms with E-state index in [1.807, 2.05) is 24.0 Å². The van der Waals surface area contributed by atoms with Crippen LogP contribution in [0.2, 0.25) is 0 Å². The molecule has 1 aliphatic heterocycles. The van der Waals surface area contributed by atoms with Gasteiger partial charge in [-0.2, -0.15) is 0 Å². The topological polar surface area (TPSA) is 40.5 Å². The first-order valence-corrected chi connectivity index (χ1v) is 9.23. The summed E-state index contributed by atoms with van der Waals surface area (Å²) in [5.74, 6) is 0.388. The van der Waals surface area contributed by atoms with Crippen molar-refractivity contribution >= 4 is 5.91 Å². The highest BCUT2D eigenvalue weighted by Crippen LogP contribution is 2.49. The van der Waals surface area contributed by atoms with Crippen molar-refractivity contribution < 1.29 is 18.7 Å². The Bertz CT molecular complexity index is 592. The second-order valence-electron chi connectivity index (χ2n) is 7.84.